The molecule has 23 heavy (non-hydrogen) atoms. The third-order valence-electron chi connectivity index (χ3n) is 3.38. The Kier molecular flexibility index (Phi) is 6.04. The molecule has 1 atom stereocenters. The molecule has 0 spiro atoms. The maximum Gasteiger partial charge on any atom is 0.253 e. The Morgan fingerprint density at radius 1 is 1.35 bits per heavy atom. The molecule has 0 radical (unpaired) electrons. The van der Waals surface area contributed by atoms with Crippen molar-refractivity contribution in [2.75, 3.05) is 20.7 Å². The summed E-state index contributed by atoms with van der Waals surface area (Å²) in [5, 5.41) is 10.8. The minimum Gasteiger partial charge on any atom is -0.497 e. The van der Waals surface area contributed by atoms with E-state index in [2.05, 4.69) is 15.9 Å². The third kappa shape index (κ3) is 4.70. The van der Waals surface area contributed by atoms with Gasteiger partial charge in [-0.3, -0.25) is 4.79 Å². The van der Waals surface area contributed by atoms with Crippen LogP contribution in [0.1, 0.15) is 22.0 Å². The van der Waals surface area contributed by atoms with Crippen molar-refractivity contribution in [2.45, 2.75) is 6.10 Å². The Morgan fingerprint density at radius 3 is 2.74 bits per heavy atom. The molecule has 4 nitrogen and oxygen atoms in total. The van der Waals surface area contributed by atoms with Crippen molar-refractivity contribution in [3.05, 3.63) is 63.1 Å². The fourth-order valence-corrected chi connectivity index (χ4v) is 3.05. The normalized spacial score (nSPS) is 11.9. The zero-order valence-corrected chi connectivity index (χ0v) is 15.1. The van der Waals surface area contributed by atoms with E-state index in [-0.39, 0.29) is 12.5 Å². The van der Waals surface area contributed by atoms with Gasteiger partial charge < -0.3 is 14.7 Å². The molecule has 0 saturated carbocycles. The molecule has 0 aliphatic carbocycles. The number of rotatable bonds is 5. The van der Waals surface area contributed by atoms with E-state index < -0.39 is 6.10 Å². The van der Waals surface area contributed by atoms with Gasteiger partial charge in [-0.05, 0) is 35.9 Å². The second-order valence-electron chi connectivity index (χ2n) is 5.14. The van der Waals surface area contributed by atoms with Crippen molar-refractivity contribution in [3.8, 4) is 5.75 Å². The lowest BCUT2D eigenvalue weighted by atomic mass is 10.1. The number of aliphatic hydroxyl groups is 1. The molecule has 1 unspecified atom stereocenters. The van der Waals surface area contributed by atoms with Gasteiger partial charge in [0.15, 0.2) is 0 Å². The molecule has 0 aliphatic heterocycles. The number of aliphatic hydroxyl groups excluding tert-OH is 1. The summed E-state index contributed by atoms with van der Waals surface area (Å²) in [6, 6.07) is 12.2. The largest absolute Gasteiger partial charge is 0.497 e. The van der Waals surface area contributed by atoms with Crippen molar-refractivity contribution in [1.82, 2.24) is 4.90 Å². The van der Waals surface area contributed by atoms with Gasteiger partial charge in [0.1, 0.15) is 5.75 Å². The number of carbonyl (C=O) groups is 1. The van der Waals surface area contributed by atoms with Crippen LogP contribution in [0.2, 0.25) is 5.02 Å². The molecule has 122 valence electrons. The van der Waals surface area contributed by atoms with Crippen molar-refractivity contribution in [1.29, 1.82) is 0 Å². The average Bonchev–Trinajstić information content (AvgIpc) is 2.53. The first kappa shape index (κ1) is 17.8. The lowest BCUT2D eigenvalue weighted by Crippen LogP contribution is -2.31. The Morgan fingerprint density at radius 2 is 2.09 bits per heavy atom. The van der Waals surface area contributed by atoms with Crippen LogP contribution in [0.4, 0.5) is 0 Å². The molecule has 1 amide bonds. The first-order valence-electron chi connectivity index (χ1n) is 6.94. The maximum atomic E-state index is 12.4. The van der Waals surface area contributed by atoms with E-state index >= 15 is 0 Å². The fraction of sp³-hybridized carbons (Fsp3) is 0.235. The third-order valence-corrected chi connectivity index (χ3v) is 4.06. The summed E-state index contributed by atoms with van der Waals surface area (Å²) >= 11 is 9.29. The standard InChI is InChI=1S/C17H17BrClNO3/c1-20(17(22)12-6-13(18)9-14(19)7-12)10-16(21)11-4-3-5-15(8-11)23-2/h3-9,16,21H,10H2,1-2H3. The molecule has 1 N–H and O–H groups in total. The summed E-state index contributed by atoms with van der Waals surface area (Å²) < 4.78 is 5.87. The Bertz CT molecular complexity index is 688. The van der Waals surface area contributed by atoms with Crippen molar-refractivity contribution >= 4 is 33.4 Å². The number of nitrogens with zero attached hydrogens (tertiary/aromatic N) is 1. The summed E-state index contributed by atoms with van der Waals surface area (Å²) in [7, 11) is 3.21. The average molecular weight is 399 g/mol. The van der Waals surface area contributed by atoms with Gasteiger partial charge in [0, 0.05) is 22.1 Å². The van der Waals surface area contributed by atoms with Crippen LogP contribution >= 0.6 is 27.5 Å². The second-order valence-corrected chi connectivity index (χ2v) is 6.49. The van der Waals surface area contributed by atoms with Gasteiger partial charge in [-0.2, -0.15) is 0 Å². The molecule has 0 aromatic heterocycles. The van der Waals surface area contributed by atoms with Crippen LogP contribution in [0, 0.1) is 0 Å². The van der Waals surface area contributed by atoms with Crippen LogP contribution in [-0.4, -0.2) is 36.6 Å². The highest BCUT2D eigenvalue weighted by Crippen LogP contribution is 2.22. The van der Waals surface area contributed by atoms with Gasteiger partial charge >= 0.3 is 0 Å². The summed E-state index contributed by atoms with van der Waals surface area (Å²) in [6.45, 7) is 0.163. The predicted molar refractivity (Wildman–Crippen MR) is 94.1 cm³/mol. The SMILES string of the molecule is COc1cccc(C(O)CN(C)C(=O)c2cc(Cl)cc(Br)c2)c1. The van der Waals surface area contributed by atoms with E-state index in [0.29, 0.717) is 21.9 Å². The maximum absolute atomic E-state index is 12.4. The number of amides is 1. The monoisotopic (exact) mass is 397 g/mol. The van der Waals surface area contributed by atoms with E-state index in [1.54, 1.807) is 56.6 Å². The van der Waals surface area contributed by atoms with Crippen LogP contribution < -0.4 is 4.74 Å². The zero-order chi connectivity index (χ0) is 17.0. The van der Waals surface area contributed by atoms with E-state index in [0.717, 1.165) is 4.47 Å². The van der Waals surface area contributed by atoms with E-state index in [1.165, 1.54) is 4.90 Å². The number of ether oxygens (including phenoxy) is 1. The van der Waals surface area contributed by atoms with Gasteiger partial charge in [0.05, 0.1) is 19.8 Å². The van der Waals surface area contributed by atoms with Gasteiger partial charge in [-0.15, -0.1) is 0 Å². The number of methoxy groups -OCH3 is 1. The number of halogens is 2. The summed E-state index contributed by atoms with van der Waals surface area (Å²) in [5.41, 5.74) is 1.15. The van der Waals surface area contributed by atoms with Gasteiger partial charge in [0.25, 0.3) is 5.91 Å². The number of likely N-dealkylation sites (N-methyl/N-ethyl adjacent to an activating group) is 1. The predicted octanol–water partition coefficient (Wildman–Crippen LogP) is 3.92. The molecule has 2 rings (SSSR count). The molecule has 0 fully saturated rings. The van der Waals surface area contributed by atoms with Crippen LogP contribution in [0.15, 0.2) is 46.9 Å². The number of hydrogen-bond donors (Lipinski definition) is 1. The minimum atomic E-state index is -0.804. The Hall–Kier alpha value is -1.56. The highest BCUT2D eigenvalue weighted by atomic mass is 79.9. The molecular formula is C17H17BrClNO3. The van der Waals surface area contributed by atoms with Crippen LogP contribution in [0.5, 0.6) is 5.75 Å². The van der Waals surface area contributed by atoms with E-state index in [9.17, 15) is 9.90 Å². The van der Waals surface area contributed by atoms with Gasteiger partial charge in [0.2, 0.25) is 0 Å². The topological polar surface area (TPSA) is 49.8 Å². The lowest BCUT2D eigenvalue weighted by Gasteiger charge is -2.21. The molecular weight excluding hydrogens is 382 g/mol. The van der Waals surface area contributed by atoms with Crippen LogP contribution in [0.25, 0.3) is 0 Å². The smallest absolute Gasteiger partial charge is 0.253 e. The minimum absolute atomic E-state index is 0.163. The van der Waals surface area contributed by atoms with Gasteiger partial charge in [-0.1, -0.05) is 39.7 Å². The number of carbonyl (C=O) groups excluding carboxylic acids is 1. The highest BCUT2D eigenvalue weighted by molar-refractivity contribution is 9.10. The first-order valence-corrected chi connectivity index (χ1v) is 8.11. The van der Waals surface area contributed by atoms with Crippen molar-refractivity contribution in [3.63, 3.8) is 0 Å². The van der Waals surface area contributed by atoms with Crippen molar-refractivity contribution in [2.24, 2.45) is 0 Å². The molecule has 0 saturated heterocycles. The molecule has 0 aliphatic rings. The molecule has 2 aromatic carbocycles. The summed E-state index contributed by atoms with van der Waals surface area (Å²) in [4.78, 5) is 13.9. The summed E-state index contributed by atoms with van der Waals surface area (Å²) in [6.07, 6.45) is -0.804. The fourth-order valence-electron chi connectivity index (χ4n) is 2.19. The highest BCUT2D eigenvalue weighted by Gasteiger charge is 2.18. The quantitative estimate of drug-likeness (QED) is 0.830. The number of hydrogen-bond acceptors (Lipinski definition) is 3. The molecule has 2 aromatic rings. The van der Waals surface area contributed by atoms with Crippen molar-refractivity contribution < 1.29 is 14.6 Å². The second kappa shape index (κ2) is 7.81. The Labute approximate surface area is 148 Å². The lowest BCUT2D eigenvalue weighted by molar-refractivity contribution is 0.0680. The first-order chi connectivity index (χ1) is 10.9. The number of benzene rings is 2. The van der Waals surface area contributed by atoms with Crippen LogP contribution in [0.3, 0.4) is 0 Å². The van der Waals surface area contributed by atoms with Gasteiger partial charge in [-0.25, -0.2) is 0 Å². The zero-order valence-electron chi connectivity index (χ0n) is 12.8. The molecule has 0 heterocycles. The molecule has 0 bridgehead atoms. The van der Waals surface area contributed by atoms with E-state index in [4.69, 9.17) is 16.3 Å². The molecule has 6 heteroatoms. The Balaban J connectivity index is 2.10. The van der Waals surface area contributed by atoms with E-state index in [1.807, 2.05) is 0 Å². The van der Waals surface area contributed by atoms with Crippen LogP contribution in [-0.2, 0) is 0 Å². The summed E-state index contributed by atoms with van der Waals surface area (Å²) in [5.74, 6) is 0.449.